The van der Waals surface area contributed by atoms with Gasteiger partial charge in [0.2, 0.25) is 5.91 Å². The SMILES string of the molecule is CC(C)(CNC(=O)C(C)(N)c1ccccc1)c1cccc(F)c1. The van der Waals surface area contributed by atoms with Gasteiger partial charge in [-0.1, -0.05) is 56.3 Å². The Morgan fingerprint density at radius 2 is 1.65 bits per heavy atom. The fourth-order valence-electron chi connectivity index (χ4n) is 2.41. The molecule has 0 radical (unpaired) electrons. The third-order valence-electron chi connectivity index (χ3n) is 4.14. The topological polar surface area (TPSA) is 55.1 Å². The van der Waals surface area contributed by atoms with E-state index in [4.69, 9.17) is 5.73 Å². The van der Waals surface area contributed by atoms with Crippen molar-refractivity contribution in [1.82, 2.24) is 5.32 Å². The predicted octanol–water partition coefficient (Wildman–Crippen LogP) is 3.09. The molecule has 3 N–H and O–H groups in total. The number of rotatable bonds is 5. The Hall–Kier alpha value is -2.20. The van der Waals surface area contributed by atoms with E-state index in [2.05, 4.69) is 5.32 Å². The van der Waals surface area contributed by atoms with Gasteiger partial charge in [0.25, 0.3) is 0 Å². The maximum atomic E-state index is 13.4. The van der Waals surface area contributed by atoms with Crippen molar-refractivity contribution < 1.29 is 9.18 Å². The molecule has 0 aliphatic heterocycles. The Balaban J connectivity index is 2.09. The highest BCUT2D eigenvalue weighted by atomic mass is 19.1. The van der Waals surface area contributed by atoms with Gasteiger partial charge in [0.05, 0.1) is 0 Å². The predicted molar refractivity (Wildman–Crippen MR) is 90.4 cm³/mol. The van der Waals surface area contributed by atoms with E-state index < -0.39 is 11.0 Å². The lowest BCUT2D eigenvalue weighted by Crippen LogP contribution is -2.51. The summed E-state index contributed by atoms with van der Waals surface area (Å²) in [6, 6.07) is 15.7. The summed E-state index contributed by atoms with van der Waals surface area (Å²) in [5.74, 6) is -0.539. The summed E-state index contributed by atoms with van der Waals surface area (Å²) in [4.78, 5) is 12.5. The van der Waals surface area contributed by atoms with Crippen molar-refractivity contribution in [1.29, 1.82) is 0 Å². The molecule has 0 bridgehead atoms. The lowest BCUT2D eigenvalue weighted by Gasteiger charge is -2.29. The summed E-state index contributed by atoms with van der Waals surface area (Å²) in [5.41, 5.74) is 6.27. The Bertz CT molecular complexity index is 681. The second kappa shape index (κ2) is 6.50. The maximum Gasteiger partial charge on any atom is 0.244 e. The molecule has 3 nitrogen and oxygen atoms in total. The van der Waals surface area contributed by atoms with Gasteiger partial charge in [-0.3, -0.25) is 4.79 Å². The van der Waals surface area contributed by atoms with Crippen molar-refractivity contribution >= 4 is 5.91 Å². The first-order valence-electron chi connectivity index (χ1n) is 7.62. The van der Waals surface area contributed by atoms with E-state index in [0.717, 1.165) is 11.1 Å². The van der Waals surface area contributed by atoms with E-state index in [1.54, 1.807) is 13.0 Å². The summed E-state index contributed by atoms with van der Waals surface area (Å²) in [5, 5.41) is 2.89. The molecular formula is C19H23FN2O. The number of hydrogen-bond donors (Lipinski definition) is 2. The number of amides is 1. The molecule has 0 saturated heterocycles. The summed E-state index contributed by atoms with van der Waals surface area (Å²) in [7, 11) is 0. The number of nitrogens with one attached hydrogen (secondary N) is 1. The van der Waals surface area contributed by atoms with Crippen molar-refractivity contribution in [3.05, 3.63) is 71.5 Å². The second-order valence-electron chi connectivity index (χ2n) is 6.65. The summed E-state index contributed by atoms with van der Waals surface area (Å²) in [6.45, 7) is 5.97. The molecule has 122 valence electrons. The van der Waals surface area contributed by atoms with Gasteiger partial charge in [-0.25, -0.2) is 4.39 Å². The minimum absolute atomic E-state index is 0.256. The fourth-order valence-corrected chi connectivity index (χ4v) is 2.41. The van der Waals surface area contributed by atoms with Gasteiger partial charge in [0, 0.05) is 12.0 Å². The lowest BCUT2D eigenvalue weighted by molar-refractivity contribution is -0.126. The second-order valence-corrected chi connectivity index (χ2v) is 6.65. The van der Waals surface area contributed by atoms with Crippen molar-refractivity contribution in [3.63, 3.8) is 0 Å². The lowest BCUT2D eigenvalue weighted by atomic mass is 9.84. The Kier molecular flexibility index (Phi) is 4.85. The van der Waals surface area contributed by atoms with Crippen LogP contribution in [0.1, 0.15) is 31.9 Å². The number of carbonyl (C=O) groups excluding carboxylic acids is 1. The molecule has 0 spiro atoms. The zero-order valence-electron chi connectivity index (χ0n) is 13.8. The molecule has 23 heavy (non-hydrogen) atoms. The molecule has 2 rings (SSSR count). The van der Waals surface area contributed by atoms with Crippen LogP contribution in [0.2, 0.25) is 0 Å². The highest BCUT2D eigenvalue weighted by Gasteiger charge is 2.32. The molecule has 0 aliphatic rings. The first-order chi connectivity index (χ1) is 10.7. The number of hydrogen-bond acceptors (Lipinski definition) is 2. The summed E-state index contributed by atoms with van der Waals surface area (Å²) >= 11 is 0. The number of nitrogens with two attached hydrogens (primary N) is 1. The molecule has 0 fully saturated rings. The molecule has 1 atom stereocenters. The molecular weight excluding hydrogens is 291 g/mol. The van der Waals surface area contributed by atoms with Crippen LogP contribution in [0.5, 0.6) is 0 Å². The third-order valence-corrected chi connectivity index (χ3v) is 4.14. The minimum Gasteiger partial charge on any atom is -0.353 e. The standard InChI is InChI=1S/C19H23FN2O/c1-18(2,15-10-7-11-16(20)12-15)13-22-17(23)19(3,21)14-8-5-4-6-9-14/h4-12H,13,21H2,1-3H3,(H,22,23). The molecule has 2 aromatic carbocycles. The van der Waals surface area contributed by atoms with E-state index in [1.807, 2.05) is 50.2 Å². The van der Waals surface area contributed by atoms with Gasteiger partial charge < -0.3 is 11.1 Å². The van der Waals surface area contributed by atoms with Crippen molar-refractivity contribution in [2.45, 2.75) is 31.7 Å². The number of halogens is 1. The van der Waals surface area contributed by atoms with Crippen molar-refractivity contribution in [2.24, 2.45) is 5.73 Å². The quantitative estimate of drug-likeness (QED) is 0.891. The third kappa shape index (κ3) is 3.96. The molecule has 0 aromatic heterocycles. The minimum atomic E-state index is -1.11. The largest absolute Gasteiger partial charge is 0.353 e. The van der Waals surface area contributed by atoms with E-state index in [-0.39, 0.29) is 11.7 Å². The van der Waals surface area contributed by atoms with E-state index >= 15 is 0 Å². The van der Waals surface area contributed by atoms with E-state index in [1.165, 1.54) is 12.1 Å². The van der Waals surface area contributed by atoms with Crippen LogP contribution in [0.3, 0.4) is 0 Å². The average Bonchev–Trinajstić information content (AvgIpc) is 2.53. The molecule has 4 heteroatoms. The Morgan fingerprint density at radius 3 is 2.26 bits per heavy atom. The number of carbonyl (C=O) groups is 1. The van der Waals surface area contributed by atoms with Gasteiger partial charge >= 0.3 is 0 Å². The molecule has 1 unspecified atom stereocenters. The normalized spacial score (nSPS) is 14.1. The van der Waals surface area contributed by atoms with Crippen LogP contribution in [-0.4, -0.2) is 12.5 Å². The Labute approximate surface area is 136 Å². The van der Waals surface area contributed by atoms with Gasteiger partial charge in [-0.05, 0) is 30.2 Å². The van der Waals surface area contributed by atoms with Crippen LogP contribution in [0.4, 0.5) is 4.39 Å². The van der Waals surface area contributed by atoms with Crippen LogP contribution >= 0.6 is 0 Å². The van der Waals surface area contributed by atoms with Gasteiger partial charge in [0.15, 0.2) is 0 Å². The Morgan fingerprint density at radius 1 is 1.04 bits per heavy atom. The summed E-state index contributed by atoms with van der Waals surface area (Å²) in [6.07, 6.45) is 0. The molecule has 1 amide bonds. The molecule has 2 aromatic rings. The first kappa shape index (κ1) is 17.2. The number of benzene rings is 2. The van der Waals surface area contributed by atoms with Gasteiger partial charge in [-0.15, -0.1) is 0 Å². The molecule has 0 saturated carbocycles. The van der Waals surface area contributed by atoms with Crippen LogP contribution < -0.4 is 11.1 Å². The van der Waals surface area contributed by atoms with Gasteiger partial charge in [0.1, 0.15) is 11.4 Å². The fraction of sp³-hybridized carbons (Fsp3) is 0.316. The highest BCUT2D eigenvalue weighted by molar-refractivity contribution is 5.87. The van der Waals surface area contributed by atoms with E-state index in [9.17, 15) is 9.18 Å². The average molecular weight is 314 g/mol. The highest BCUT2D eigenvalue weighted by Crippen LogP contribution is 2.24. The van der Waals surface area contributed by atoms with Crippen molar-refractivity contribution in [2.75, 3.05) is 6.54 Å². The van der Waals surface area contributed by atoms with Crippen molar-refractivity contribution in [3.8, 4) is 0 Å². The van der Waals surface area contributed by atoms with Crippen LogP contribution in [-0.2, 0) is 15.7 Å². The maximum absolute atomic E-state index is 13.4. The molecule has 0 aliphatic carbocycles. The van der Waals surface area contributed by atoms with Gasteiger partial charge in [-0.2, -0.15) is 0 Å². The van der Waals surface area contributed by atoms with Crippen LogP contribution in [0.25, 0.3) is 0 Å². The van der Waals surface area contributed by atoms with Crippen LogP contribution in [0, 0.1) is 5.82 Å². The first-order valence-corrected chi connectivity index (χ1v) is 7.62. The monoisotopic (exact) mass is 314 g/mol. The summed E-state index contributed by atoms with van der Waals surface area (Å²) < 4.78 is 13.4. The van der Waals surface area contributed by atoms with E-state index in [0.29, 0.717) is 6.54 Å². The zero-order chi connectivity index (χ0) is 17.1. The van der Waals surface area contributed by atoms with Crippen LogP contribution in [0.15, 0.2) is 54.6 Å². The molecule has 0 heterocycles. The smallest absolute Gasteiger partial charge is 0.244 e. The zero-order valence-corrected chi connectivity index (χ0v) is 13.8.